The van der Waals surface area contributed by atoms with Crippen LogP contribution in [-0.2, 0) is 16.0 Å². The Morgan fingerprint density at radius 1 is 1.00 bits per heavy atom. The first-order valence-electron chi connectivity index (χ1n) is 8.90. The van der Waals surface area contributed by atoms with Crippen LogP contribution in [0.4, 0.5) is 5.69 Å². The van der Waals surface area contributed by atoms with E-state index in [9.17, 15) is 9.59 Å². The van der Waals surface area contributed by atoms with E-state index in [2.05, 4.69) is 5.32 Å². The molecule has 136 valence electrons. The van der Waals surface area contributed by atoms with Crippen LogP contribution in [0.25, 0.3) is 0 Å². The Balaban J connectivity index is 1.73. The van der Waals surface area contributed by atoms with Crippen molar-refractivity contribution in [2.24, 2.45) is 0 Å². The summed E-state index contributed by atoms with van der Waals surface area (Å²) in [5, 5.41) is 2.88. The summed E-state index contributed by atoms with van der Waals surface area (Å²) in [5.74, 6) is -0.220. The molecule has 0 saturated carbocycles. The highest BCUT2D eigenvalue weighted by molar-refractivity contribution is 6.04. The zero-order valence-corrected chi connectivity index (χ0v) is 15.1. The number of hydrogen-bond donors (Lipinski definition) is 1. The van der Waals surface area contributed by atoms with Gasteiger partial charge in [0.1, 0.15) is 0 Å². The largest absolute Gasteiger partial charge is 0.372 e. The van der Waals surface area contributed by atoms with Crippen LogP contribution in [0.15, 0.2) is 54.6 Å². The summed E-state index contributed by atoms with van der Waals surface area (Å²) >= 11 is 0. The Morgan fingerprint density at radius 2 is 1.62 bits per heavy atom. The normalized spacial score (nSPS) is 19.8. The highest BCUT2D eigenvalue weighted by Gasteiger charge is 2.27. The van der Waals surface area contributed by atoms with E-state index in [1.54, 1.807) is 17.0 Å². The Labute approximate surface area is 154 Å². The van der Waals surface area contributed by atoms with Crippen molar-refractivity contribution in [3.05, 3.63) is 65.7 Å². The maximum Gasteiger partial charge on any atom is 0.256 e. The number of ether oxygens (including phenoxy) is 1. The van der Waals surface area contributed by atoms with Gasteiger partial charge in [0.05, 0.1) is 29.9 Å². The minimum absolute atomic E-state index is 0.00235. The number of nitrogens with zero attached hydrogens (tertiary/aromatic N) is 1. The van der Waals surface area contributed by atoms with Crippen molar-refractivity contribution in [2.45, 2.75) is 32.5 Å². The molecule has 0 spiro atoms. The molecule has 1 fully saturated rings. The second-order valence-corrected chi connectivity index (χ2v) is 6.72. The minimum Gasteiger partial charge on any atom is -0.372 e. The summed E-state index contributed by atoms with van der Waals surface area (Å²) in [7, 11) is 0. The van der Waals surface area contributed by atoms with Crippen LogP contribution in [0.5, 0.6) is 0 Å². The molecule has 2 unspecified atom stereocenters. The number of morpholine rings is 1. The van der Waals surface area contributed by atoms with E-state index in [-0.39, 0.29) is 30.4 Å². The lowest BCUT2D eigenvalue weighted by molar-refractivity contribution is -0.115. The lowest BCUT2D eigenvalue weighted by atomic mass is 10.1. The molecule has 1 aliphatic rings. The van der Waals surface area contributed by atoms with Crippen molar-refractivity contribution < 1.29 is 14.3 Å². The molecule has 1 aliphatic heterocycles. The number of rotatable bonds is 4. The quantitative estimate of drug-likeness (QED) is 0.920. The Kier molecular flexibility index (Phi) is 5.68. The van der Waals surface area contributed by atoms with Crippen LogP contribution < -0.4 is 5.32 Å². The average Bonchev–Trinajstić information content (AvgIpc) is 2.61. The molecule has 1 saturated heterocycles. The standard InChI is InChI=1S/C21H24N2O3/c1-15-13-23(14-16(2)26-15)21(25)18-10-6-7-11-19(18)22-20(24)12-17-8-4-3-5-9-17/h3-11,15-16H,12-14H2,1-2H3,(H,22,24). The SMILES string of the molecule is CC1CN(C(=O)c2ccccc2NC(=O)Cc2ccccc2)CC(C)O1. The average molecular weight is 352 g/mol. The fourth-order valence-corrected chi connectivity index (χ4v) is 3.27. The van der Waals surface area contributed by atoms with Crippen LogP contribution in [0.2, 0.25) is 0 Å². The van der Waals surface area contributed by atoms with Gasteiger partial charge in [-0.05, 0) is 31.5 Å². The summed E-state index contributed by atoms with van der Waals surface area (Å²) in [6, 6.07) is 16.7. The number of amides is 2. The van der Waals surface area contributed by atoms with Crippen LogP contribution in [0.1, 0.15) is 29.8 Å². The summed E-state index contributed by atoms with van der Waals surface area (Å²) in [5.41, 5.74) is 1.99. The highest BCUT2D eigenvalue weighted by atomic mass is 16.5. The summed E-state index contributed by atoms with van der Waals surface area (Å²) in [4.78, 5) is 27.1. The number of para-hydroxylation sites is 1. The maximum atomic E-state index is 13.0. The molecule has 26 heavy (non-hydrogen) atoms. The van der Waals surface area contributed by atoms with E-state index >= 15 is 0 Å². The van der Waals surface area contributed by atoms with Crippen LogP contribution in [-0.4, -0.2) is 42.0 Å². The second-order valence-electron chi connectivity index (χ2n) is 6.72. The van der Waals surface area contributed by atoms with Gasteiger partial charge < -0.3 is 15.0 Å². The highest BCUT2D eigenvalue weighted by Crippen LogP contribution is 2.20. The summed E-state index contributed by atoms with van der Waals surface area (Å²) < 4.78 is 5.70. The van der Waals surface area contributed by atoms with Crippen molar-refractivity contribution in [1.82, 2.24) is 4.90 Å². The Morgan fingerprint density at radius 3 is 2.31 bits per heavy atom. The predicted molar refractivity (Wildman–Crippen MR) is 101 cm³/mol. The zero-order chi connectivity index (χ0) is 18.5. The molecule has 0 aliphatic carbocycles. The fourth-order valence-electron chi connectivity index (χ4n) is 3.27. The third-order valence-corrected chi connectivity index (χ3v) is 4.35. The zero-order valence-electron chi connectivity index (χ0n) is 15.1. The van der Waals surface area contributed by atoms with Gasteiger partial charge in [-0.3, -0.25) is 9.59 Å². The lowest BCUT2D eigenvalue weighted by Crippen LogP contribution is -2.48. The molecule has 0 aromatic heterocycles. The van der Waals surface area contributed by atoms with E-state index in [4.69, 9.17) is 4.74 Å². The molecule has 2 aromatic rings. The van der Waals surface area contributed by atoms with Crippen molar-refractivity contribution in [3.63, 3.8) is 0 Å². The molecule has 2 aromatic carbocycles. The first-order chi connectivity index (χ1) is 12.5. The number of carbonyl (C=O) groups is 2. The Hall–Kier alpha value is -2.66. The van der Waals surface area contributed by atoms with Crippen molar-refractivity contribution in [3.8, 4) is 0 Å². The third-order valence-electron chi connectivity index (χ3n) is 4.35. The summed E-state index contributed by atoms with van der Waals surface area (Å²) in [6.45, 7) is 5.03. The van der Waals surface area contributed by atoms with Gasteiger partial charge in [0.25, 0.3) is 5.91 Å². The van der Waals surface area contributed by atoms with Crippen LogP contribution in [0.3, 0.4) is 0 Å². The minimum atomic E-state index is -0.139. The van der Waals surface area contributed by atoms with Gasteiger partial charge >= 0.3 is 0 Å². The molecule has 5 heteroatoms. The van der Waals surface area contributed by atoms with Gasteiger partial charge in [-0.15, -0.1) is 0 Å². The molecule has 0 radical (unpaired) electrons. The van der Waals surface area contributed by atoms with Gasteiger partial charge in [0.15, 0.2) is 0 Å². The van der Waals surface area contributed by atoms with Crippen LogP contribution in [0, 0.1) is 0 Å². The fraction of sp³-hybridized carbons (Fsp3) is 0.333. The molecule has 3 rings (SSSR count). The lowest BCUT2D eigenvalue weighted by Gasteiger charge is -2.35. The topological polar surface area (TPSA) is 58.6 Å². The molecule has 2 atom stereocenters. The van der Waals surface area contributed by atoms with Crippen molar-refractivity contribution in [1.29, 1.82) is 0 Å². The van der Waals surface area contributed by atoms with Gasteiger partial charge in [-0.1, -0.05) is 42.5 Å². The molecule has 2 amide bonds. The second kappa shape index (κ2) is 8.15. The number of benzene rings is 2. The summed E-state index contributed by atoms with van der Waals surface area (Å²) in [6.07, 6.45) is 0.277. The van der Waals surface area contributed by atoms with E-state index in [0.717, 1.165) is 5.56 Å². The monoisotopic (exact) mass is 352 g/mol. The first kappa shape index (κ1) is 18.1. The Bertz CT molecular complexity index is 766. The maximum absolute atomic E-state index is 13.0. The van der Waals surface area contributed by atoms with E-state index in [0.29, 0.717) is 24.3 Å². The number of hydrogen-bond acceptors (Lipinski definition) is 3. The van der Waals surface area contributed by atoms with Gasteiger partial charge in [0.2, 0.25) is 5.91 Å². The molecule has 5 nitrogen and oxygen atoms in total. The molecule has 0 bridgehead atoms. The molecular formula is C21H24N2O3. The molecule has 1 heterocycles. The van der Waals surface area contributed by atoms with Crippen molar-refractivity contribution in [2.75, 3.05) is 18.4 Å². The van der Waals surface area contributed by atoms with E-state index in [1.807, 2.05) is 56.3 Å². The van der Waals surface area contributed by atoms with Crippen LogP contribution >= 0.6 is 0 Å². The van der Waals surface area contributed by atoms with Crippen molar-refractivity contribution >= 4 is 17.5 Å². The van der Waals surface area contributed by atoms with E-state index < -0.39 is 0 Å². The van der Waals surface area contributed by atoms with Gasteiger partial charge in [-0.25, -0.2) is 0 Å². The molecule has 1 N–H and O–H groups in total. The smallest absolute Gasteiger partial charge is 0.256 e. The first-order valence-corrected chi connectivity index (χ1v) is 8.90. The number of nitrogens with one attached hydrogen (secondary N) is 1. The van der Waals surface area contributed by atoms with Gasteiger partial charge in [0, 0.05) is 13.1 Å². The number of carbonyl (C=O) groups excluding carboxylic acids is 2. The molecular weight excluding hydrogens is 328 g/mol. The third kappa shape index (κ3) is 4.49. The van der Waals surface area contributed by atoms with E-state index in [1.165, 1.54) is 0 Å². The van der Waals surface area contributed by atoms with Gasteiger partial charge in [-0.2, -0.15) is 0 Å². The predicted octanol–water partition coefficient (Wildman–Crippen LogP) is 3.12. The number of anilines is 1.